The summed E-state index contributed by atoms with van der Waals surface area (Å²) in [5.74, 6) is 0.503. The molecule has 2 aliphatic rings. The number of carboxylic acid groups (broad SMARTS) is 1. The molecule has 86 valence electrons. The van der Waals surface area contributed by atoms with Crippen LogP contribution in [0.3, 0.4) is 0 Å². The summed E-state index contributed by atoms with van der Waals surface area (Å²) >= 11 is 0. The van der Waals surface area contributed by atoms with Crippen molar-refractivity contribution in [2.45, 2.75) is 44.8 Å². The molecule has 4 heteroatoms. The molecule has 0 aromatic rings. The summed E-state index contributed by atoms with van der Waals surface area (Å²) < 4.78 is 0. The van der Waals surface area contributed by atoms with Crippen LogP contribution in [0.25, 0.3) is 0 Å². The Bertz CT molecular complexity index is 275. The van der Waals surface area contributed by atoms with Gasteiger partial charge in [0.1, 0.15) is 0 Å². The second-order valence-electron chi connectivity index (χ2n) is 5.18. The van der Waals surface area contributed by atoms with Gasteiger partial charge in [-0.2, -0.15) is 0 Å². The quantitative estimate of drug-likeness (QED) is 0.731. The molecule has 15 heavy (non-hydrogen) atoms. The molecule has 2 N–H and O–H groups in total. The normalized spacial score (nSPS) is 36.3. The summed E-state index contributed by atoms with van der Waals surface area (Å²) in [5.41, 5.74) is -0.757. The Labute approximate surface area is 89.9 Å². The Kier molecular flexibility index (Phi) is 2.41. The maximum absolute atomic E-state index is 11.1. The lowest BCUT2D eigenvalue weighted by Crippen LogP contribution is -2.51. The first kappa shape index (κ1) is 10.7. The van der Waals surface area contributed by atoms with Crippen LogP contribution in [0.15, 0.2) is 0 Å². The van der Waals surface area contributed by atoms with Crippen LogP contribution >= 0.6 is 0 Å². The highest BCUT2D eigenvalue weighted by atomic mass is 16.4. The molecular formula is C11H19NO3. The minimum Gasteiger partial charge on any atom is -0.465 e. The number of nitrogens with zero attached hydrogens (tertiary/aromatic N) is 1. The van der Waals surface area contributed by atoms with Crippen LogP contribution in [-0.2, 0) is 0 Å². The van der Waals surface area contributed by atoms with Crippen LogP contribution in [-0.4, -0.2) is 39.4 Å². The number of aliphatic hydroxyl groups is 1. The predicted molar refractivity (Wildman–Crippen MR) is 55.6 cm³/mol. The molecule has 0 aromatic heterocycles. The molecule has 0 aromatic carbocycles. The minimum absolute atomic E-state index is 0.175. The van der Waals surface area contributed by atoms with Crippen molar-refractivity contribution < 1.29 is 15.0 Å². The van der Waals surface area contributed by atoms with Crippen molar-refractivity contribution in [1.82, 2.24) is 4.90 Å². The van der Waals surface area contributed by atoms with Crippen molar-refractivity contribution in [2.75, 3.05) is 6.54 Å². The van der Waals surface area contributed by atoms with Gasteiger partial charge in [0, 0.05) is 6.54 Å². The molecule has 0 spiro atoms. The first-order valence-electron chi connectivity index (χ1n) is 5.68. The van der Waals surface area contributed by atoms with E-state index in [0.29, 0.717) is 18.9 Å². The average Bonchev–Trinajstić information content (AvgIpc) is 2.90. The summed E-state index contributed by atoms with van der Waals surface area (Å²) in [4.78, 5) is 12.5. The summed E-state index contributed by atoms with van der Waals surface area (Å²) in [5, 5.41) is 19.7. The van der Waals surface area contributed by atoms with Crippen molar-refractivity contribution >= 4 is 6.09 Å². The molecule has 1 aliphatic carbocycles. The summed E-state index contributed by atoms with van der Waals surface area (Å²) in [6.07, 6.45) is 1.80. The molecule has 4 nitrogen and oxygen atoms in total. The van der Waals surface area contributed by atoms with Crippen LogP contribution in [0.5, 0.6) is 0 Å². The van der Waals surface area contributed by atoms with Gasteiger partial charge in [0.05, 0.1) is 11.6 Å². The predicted octanol–water partition coefficient (Wildman–Crippen LogP) is 1.54. The van der Waals surface area contributed by atoms with Crippen molar-refractivity contribution in [3.8, 4) is 0 Å². The zero-order valence-electron chi connectivity index (χ0n) is 9.31. The highest BCUT2D eigenvalue weighted by Crippen LogP contribution is 2.49. The van der Waals surface area contributed by atoms with E-state index in [1.807, 2.05) is 13.8 Å². The number of rotatable bonds is 2. The Morgan fingerprint density at radius 2 is 2.07 bits per heavy atom. The number of carbonyl (C=O) groups is 1. The third kappa shape index (κ3) is 1.61. The smallest absolute Gasteiger partial charge is 0.407 e. The van der Waals surface area contributed by atoms with Gasteiger partial charge < -0.3 is 15.1 Å². The second-order valence-corrected chi connectivity index (χ2v) is 5.18. The van der Waals surface area contributed by atoms with E-state index in [0.717, 1.165) is 12.8 Å². The Hall–Kier alpha value is -0.770. The maximum atomic E-state index is 11.1. The average molecular weight is 213 g/mol. The van der Waals surface area contributed by atoms with Gasteiger partial charge in [-0.25, -0.2) is 4.79 Å². The molecule has 0 bridgehead atoms. The van der Waals surface area contributed by atoms with Crippen molar-refractivity contribution in [3.05, 3.63) is 0 Å². The lowest BCUT2D eigenvalue weighted by Gasteiger charge is -2.36. The summed E-state index contributed by atoms with van der Waals surface area (Å²) in [6.45, 7) is 4.45. The molecular weight excluding hydrogens is 194 g/mol. The van der Waals surface area contributed by atoms with Crippen LogP contribution in [0.4, 0.5) is 4.79 Å². The van der Waals surface area contributed by atoms with Gasteiger partial charge in [-0.15, -0.1) is 0 Å². The fourth-order valence-corrected chi connectivity index (χ4v) is 3.04. The van der Waals surface area contributed by atoms with Gasteiger partial charge in [0.2, 0.25) is 0 Å². The first-order valence-corrected chi connectivity index (χ1v) is 5.68. The fraction of sp³-hybridized carbons (Fsp3) is 0.909. The highest BCUT2D eigenvalue weighted by Gasteiger charge is 2.56. The molecule has 0 unspecified atom stereocenters. The number of amides is 1. The zero-order valence-corrected chi connectivity index (χ0v) is 9.31. The maximum Gasteiger partial charge on any atom is 0.407 e. The van der Waals surface area contributed by atoms with Crippen LogP contribution < -0.4 is 0 Å². The molecule has 1 amide bonds. The van der Waals surface area contributed by atoms with Crippen LogP contribution in [0.2, 0.25) is 0 Å². The second kappa shape index (κ2) is 3.37. The van der Waals surface area contributed by atoms with E-state index in [1.165, 1.54) is 4.90 Å². The molecule has 2 fully saturated rings. The largest absolute Gasteiger partial charge is 0.465 e. The minimum atomic E-state index is -0.898. The Balaban J connectivity index is 2.23. The molecule has 1 saturated heterocycles. The zero-order chi connectivity index (χ0) is 11.2. The van der Waals surface area contributed by atoms with Gasteiger partial charge in [0.25, 0.3) is 0 Å². The molecule has 2 atom stereocenters. The lowest BCUT2D eigenvalue weighted by molar-refractivity contribution is -0.0298. The fourth-order valence-electron chi connectivity index (χ4n) is 3.04. The topological polar surface area (TPSA) is 60.8 Å². The van der Waals surface area contributed by atoms with E-state index in [4.69, 9.17) is 5.11 Å². The highest BCUT2D eigenvalue weighted by molar-refractivity contribution is 5.66. The van der Waals surface area contributed by atoms with E-state index in [1.54, 1.807) is 0 Å². The number of hydrogen-bond donors (Lipinski definition) is 2. The summed E-state index contributed by atoms with van der Waals surface area (Å²) in [6, 6.07) is -0.220. The van der Waals surface area contributed by atoms with Gasteiger partial charge in [-0.1, -0.05) is 13.8 Å². The first-order chi connectivity index (χ1) is 6.97. The van der Waals surface area contributed by atoms with Crippen molar-refractivity contribution in [3.63, 3.8) is 0 Å². The third-order valence-electron chi connectivity index (χ3n) is 3.76. The third-order valence-corrected chi connectivity index (χ3v) is 3.76. The number of hydrogen-bond acceptors (Lipinski definition) is 2. The van der Waals surface area contributed by atoms with E-state index >= 15 is 0 Å². The van der Waals surface area contributed by atoms with E-state index in [-0.39, 0.29) is 12.0 Å². The van der Waals surface area contributed by atoms with E-state index < -0.39 is 11.7 Å². The van der Waals surface area contributed by atoms with Crippen molar-refractivity contribution in [1.29, 1.82) is 0 Å². The van der Waals surface area contributed by atoms with Gasteiger partial charge in [-0.3, -0.25) is 0 Å². The van der Waals surface area contributed by atoms with Crippen LogP contribution in [0, 0.1) is 11.8 Å². The Morgan fingerprint density at radius 1 is 1.47 bits per heavy atom. The molecule has 2 rings (SSSR count). The lowest BCUT2D eigenvalue weighted by atomic mass is 9.83. The molecule has 1 saturated carbocycles. The molecule has 1 aliphatic heterocycles. The standard InChI is InChI=1S/C11H19NO3/c1-7(2)9-11(15,8-3-4-8)5-6-12(9)10(13)14/h7-9,15H,3-6H2,1-2H3,(H,13,14)/t9-,11+/m0/s1. The van der Waals surface area contributed by atoms with Gasteiger partial charge in [0.15, 0.2) is 0 Å². The van der Waals surface area contributed by atoms with Gasteiger partial charge in [-0.05, 0) is 31.1 Å². The van der Waals surface area contributed by atoms with E-state index in [2.05, 4.69) is 0 Å². The van der Waals surface area contributed by atoms with Crippen LogP contribution in [0.1, 0.15) is 33.1 Å². The van der Waals surface area contributed by atoms with E-state index in [9.17, 15) is 9.90 Å². The number of likely N-dealkylation sites (tertiary alicyclic amines) is 1. The monoisotopic (exact) mass is 213 g/mol. The SMILES string of the molecule is CC(C)[C@@H]1N(C(=O)O)CC[C@@]1(O)C1CC1. The molecule has 1 heterocycles. The molecule has 0 radical (unpaired) electrons. The van der Waals surface area contributed by atoms with Gasteiger partial charge >= 0.3 is 6.09 Å². The Morgan fingerprint density at radius 3 is 2.47 bits per heavy atom. The van der Waals surface area contributed by atoms with Crippen molar-refractivity contribution in [2.24, 2.45) is 11.8 Å². The summed E-state index contributed by atoms with van der Waals surface area (Å²) in [7, 11) is 0.